The van der Waals surface area contributed by atoms with E-state index in [0.29, 0.717) is 5.69 Å². The lowest BCUT2D eigenvalue weighted by molar-refractivity contribution is 0.0594. The Morgan fingerprint density at radius 1 is 1.19 bits per heavy atom. The van der Waals surface area contributed by atoms with Gasteiger partial charge in [0.1, 0.15) is 5.69 Å². The van der Waals surface area contributed by atoms with Gasteiger partial charge < -0.3 is 4.74 Å². The number of aromatic nitrogens is 1. The van der Waals surface area contributed by atoms with E-state index < -0.39 is 5.97 Å². The molecule has 16 heavy (non-hydrogen) atoms. The summed E-state index contributed by atoms with van der Waals surface area (Å²) in [5.74, 6) is -0.403. The maximum atomic E-state index is 11.3. The molecule has 3 nitrogen and oxygen atoms in total. The van der Waals surface area contributed by atoms with Crippen LogP contribution in [0.3, 0.4) is 0 Å². The molecule has 0 bridgehead atoms. The number of carbonyl (C=O) groups excluding carboxylic acids is 1. The molecule has 2 rings (SSSR count). The second kappa shape index (κ2) is 3.93. The molecule has 0 saturated carbocycles. The van der Waals surface area contributed by atoms with Gasteiger partial charge in [0.25, 0.3) is 0 Å². The van der Waals surface area contributed by atoms with Crippen molar-refractivity contribution in [3.05, 3.63) is 41.1 Å². The maximum absolute atomic E-state index is 11.3. The Balaban J connectivity index is 2.62. The first-order valence-electron chi connectivity index (χ1n) is 5.08. The topological polar surface area (TPSA) is 39.2 Å². The molecule has 0 atom stereocenters. The van der Waals surface area contributed by atoms with E-state index in [1.54, 1.807) is 6.07 Å². The van der Waals surface area contributed by atoms with Crippen molar-refractivity contribution < 1.29 is 9.53 Å². The van der Waals surface area contributed by atoms with E-state index in [0.717, 1.165) is 10.9 Å². The largest absolute Gasteiger partial charge is 0.464 e. The Bertz CT molecular complexity index is 561. The second-order valence-corrected chi connectivity index (χ2v) is 3.82. The van der Waals surface area contributed by atoms with Crippen LogP contribution in [0, 0.1) is 13.8 Å². The zero-order chi connectivity index (χ0) is 11.7. The van der Waals surface area contributed by atoms with Crippen LogP contribution in [0.15, 0.2) is 24.3 Å². The third kappa shape index (κ3) is 1.76. The number of aryl methyl sites for hydroxylation is 2. The molecule has 0 amide bonds. The lowest BCUT2D eigenvalue weighted by atomic mass is 10.1. The molecule has 0 N–H and O–H groups in total. The standard InChI is InChI=1S/C13H13NO2/c1-8-6-10-4-5-11(13(15)16-3)14-12(10)7-9(8)2/h4-7H,1-3H3. The molecule has 1 aromatic carbocycles. The molecule has 3 heteroatoms. The van der Waals surface area contributed by atoms with Crippen molar-refractivity contribution in [2.24, 2.45) is 0 Å². The fourth-order valence-corrected chi connectivity index (χ4v) is 1.61. The number of fused-ring (bicyclic) bond motifs is 1. The molecule has 0 aliphatic carbocycles. The summed E-state index contributed by atoms with van der Waals surface area (Å²) in [5.41, 5.74) is 3.56. The third-order valence-electron chi connectivity index (χ3n) is 2.70. The van der Waals surface area contributed by atoms with E-state index in [2.05, 4.69) is 22.7 Å². The molecule has 0 unspecified atom stereocenters. The average molecular weight is 215 g/mol. The number of benzene rings is 1. The highest BCUT2D eigenvalue weighted by Crippen LogP contribution is 2.18. The summed E-state index contributed by atoms with van der Waals surface area (Å²) in [6.07, 6.45) is 0. The highest BCUT2D eigenvalue weighted by Gasteiger charge is 2.08. The van der Waals surface area contributed by atoms with Crippen molar-refractivity contribution in [3.63, 3.8) is 0 Å². The van der Waals surface area contributed by atoms with Crippen LogP contribution in [0.1, 0.15) is 21.6 Å². The Hall–Kier alpha value is -1.90. The van der Waals surface area contributed by atoms with Crippen molar-refractivity contribution >= 4 is 16.9 Å². The smallest absolute Gasteiger partial charge is 0.356 e. The summed E-state index contributed by atoms with van der Waals surface area (Å²) in [6.45, 7) is 4.09. The van der Waals surface area contributed by atoms with Crippen molar-refractivity contribution in [2.75, 3.05) is 7.11 Å². The number of methoxy groups -OCH3 is 1. The molecule has 0 aliphatic heterocycles. The van der Waals surface area contributed by atoms with E-state index in [1.807, 2.05) is 19.1 Å². The normalized spacial score (nSPS) is 10.4. The summed E-state index contributed by atoms with van der Waals surface area (Å²) in [6, 6.07) is 7.62. The molecule has 0 fully saturated rings. The predicted octanol–water partition coefficient (Wildman–Crippen LogP) is 2.64. The van der Waals surface area contributed by atoms with Gasteiger partial charge in [0.15, 0.2) is 0 Å². The average Bonchev–Trinajstić information content (AvgIpc) is 2.29. The number of hydrogen-bond donors (Lipinski definition) is 0. The lowest BCUT2D eigenvalue weighted by Crippen LogP contribution is -2.04. The molecule has 82 valence electrons. The predicted molar refractivity (Wildman–Crippen MR) is 62.6 cm³/mol. The first-order chi connectivity index (χ1) is 7.61. The van der Waals surface area contributed by atoms with Crippen LogP contribution in [-0.4, -0.2) is 18.1 Å². The summed E-state index contributed by atoms with van der Waals surface area (Å²) in [4.78, 5) is 15.6. The number of ether oxygens (including phenoxy) is 1. The van der Waals surface area contributed by atoms with Gasteiger partial charge in [0, 0.05) is 5.39 Å². The third-order valence-corrected chi connectivity index (χ3v) is 2.70. The van der Waals surface area contributed by atoms with Gasteiger partial charge in [-0.15, -0.1) is 0 Å². The fraction of sp³-hybridized carbons (Fsp3) is 0.231. The first kappa shape index (κ1) is 10.6. The molecule has 0 radical (unpaired) electrons. The highest BCUT2D eigenvalue weighted by molar-refractivity contribution is 5.91. The Labute approximate surface area is 94.1 Å². The Morgan fingerprint density at radius 2 is 1.88 bits per heavy atom. The van der Waals surface area contributed by atoms with Crippen molar-refractivity contribution in [1.29, 1.82) is 0 Å². The Morgan fingerprint density at radius 3 is 2.56 bits per heavy atom. The minimum absolute atomic E-state index is 0.346. The van der Waals surface area contributed by atoms with Crippen LogP contribution >= 0.6 is 0 Å². The van der Waals surface area contributed by atoms with E-state index in [-0.39, 0.29) is 0 Å². The minimum Gasteiger partial charge on any atom is -0.464 e. The molecule has 0 aliphatic rings. The van der Waals surface area contributed by atoms with E-state index in [4.69, 9.17) is 0 Å². The van der Waals surface area contributed by atoms with Crippen LogP contribution < -0.4 is 0 Å². The number of esters is 1. The number of rotatable bonds is 1. The van der Waals surface area contributed by atoms with Crippen molar-refractivity contribution in [3.8, 4) is 0 Å². The van der Waals surface area contributed by atoms with E-state index in [1.165, 1.54) is 18.2 Å². The van der Waals surface area contributed by atoms with Crippen LogP contribution in [-0.2, 0) is 4.74 Å². The minimum atomic E-state index is -0.403. The van der Waals surface area contributed by atoms with Crippen LogP contribution in [0.2, 0.25) is 0 Å². The van der Waals surface area contributed by atoms with Gasteiger partial charge in [-0.05, 0) is 43.2 Å². The zero-order valence-electron chi connectivity index (χ0n) is 9.57. The van der Waals surface area contributed by atoms with Crippen LogP contribution in [0.25, 0.3) is 10.9 Å². The molecular formula is C13H13NO2. The van der Waals surface area contributed by atoms with Gasteiger partial charge in [-0.2, -0.15) is 0 Å². The van der Waals surface area contributed by atoms with Gasteiger partial charge in [-0.1, -0.05) is 6.07 Å². The number of carbonyl (C=O) groups is 1. The zero-order valence-corrected chi connectivity index (χ0v) is 9.57. The van der Waals surface area contributed by atoms with Crippen LogP contribution in [0.4, 0.5) is 0 Å². The van der Waals surface area contributed by atoms with Crippen molar-refractivity contribution in [2.45, 2.75) is 13.8 Å². The number of nitrogens with zero attached hydrogens (tertiary/aromatic N) is 1. The maximum Gasteiger partial charge on any atom is 0.356 e. The van der Waals surface area contributed by atoms with Crippen molar-refractivity contribution in [1.82, 2.24) is 4.98 Å². The number of hydrogen-bond acceptors (Lipinski definition) is 3. The quantitative estimate of drug-likeness (QED) is 0.686. The number of pyridine rings is 1. The fourth-order valence-electron chi connectivity index (χ4n) is 1.61. The lowest BCUT2D eigenvalue weighted by Gasteiger charge is -2.04. The van der Waals surface area contributed by atoms with Crippen LogP contribution in [0.5, 0.6) is 0 Å². The Kier molecular flexibility index (Phi) is 2.60. The van der Waals surface area contributed by atoms with Gasteiger partial charge in [0.2, 0.25) is 0 Å². The summed E-state index contributed by atoms with van der Waals surface area (Å²) >= 11 is 0. The molecular weight excluding hydrogens is 202 g/mol. The molecule has 2 aromatic rings. The van der Waals surface area contributed by atoms with Gasteiger partial charge in [-0.3, -0.25) is 0 Å². The molecule has 1 heterocycles. The highest BCUT2D eigenvalue weighted by atomic mass is 16.5. The van der Waals surface area contributed by atoms with Gasteiger partial charge >= 0.3 is 5.97 Å². The molecule has 0 spiro atoms. The first-order valence-corrected chi connectivity index (χ1v) is 5.08. The van der Waals surface area contributed by atoms with E-state index in [9.17, 15) is 4.79 Å². The summed E-state index contributed by atoms with van der Waals surface area (Å²) in [5, 5.41) is 1.04. The SMILES string of the molecule is COC(=O)c1ccc2cc(C)c(C)cc2n1. The van der Waals surface area contributed by atoms with Gasteiger partial charge in [-0.25, -0.2) is 9.78 Å². The monoisotopic (exact) mass is 215 g/mol. The summed E-state index contributed by atoms with van der Waals surface area (Å²) < 4.78 is 4.64. The summed E-state index contributed by atoms with van der Waals surface area (Å²) in [7, 11) is 1.36. The molecule has 1 aromatic heterocycles. The second-order valence-electron chi connectivity index (χ2n) is 3.82. The van der Waals surface area contributed by atoms with Gasteiger partial charge in [0.05, 0.1) is 12.6 Å². The molecule has 0 saturated heterocycles. The van der Waals surface area contributed by atoms with E-state index >= 15 is 0 Å².